The molecule has 1 heterocycles. The van der Waals surface area contributed by atoms with Crippen LogP contribution in [0.2, 0.25) is 5.02 Å². The van der Waals surface area contributed by atoms with Gasteiger partial charge in [0.05, 0.1) is 12.7 Å². The highest BCUT2D eigenvalue weighted by atomic mass is 35.5. The predicted octanol–water partition coefficient (Wildman–Crippen LogP) is 2.04. The van der Waals surface area contributed by atoms with Gasteiger partial charge in [-0.25, -0.2) is 0 Å². The number of hydrogen-bond acceptors (Lipinski definition) is 3. The molecule has 0 atom stereocenters. The first-order valence-electron chi connectivity index (χ1n) is 6.35. The lowest BCUT2D eigenvalue weighted by Gasteiger charge is -2.32. The van der Waals surface area contributed by atoms with Gasteiger partial charge < -0.3 is 14.5 Å². The number of halogens is 1. The molecule has 0 bridgehead atoms. The van der Waals surface area contributed by atoms with E-state index in [1.807, 2.05) is 11.8 Å². The molecular weight excluding hydrogens is 264 g/mol. The number of likely N-dealkylation sites (N-methyl/N-ethyl adjacent to an activating group) is 1. The zero-order chi connectivity index (χ0) is 14.0. The molecule has 0 saturated carbocycles. The van der Waals surface area contributed by atoms with Crippen molar-refractivity contribution >= 4 is 17.5 Å². The fourth-order valence-electron chi connectivity index (χ4n) is 2.34. The molecule has 0 aromatic heterocycles. The van der Waals surface area contributed by atoms with E-state index in [1.54, 1.807) is 19.2 Å². The molecule has 2 rings (SSSR count). The molecule has 0 radical (unpaired) electrons. The van der Waals surface area contributed by atoms with Gasteiger partial charge in [-0.2, -0.15) is 0 Å². The Morgan fingerprint density at radius 3 is 2.47 bits per heavy atom. The Kier molecular flexibility index (Phi) is 4.32. The van der Waals surface area contributed by atoms with E-state index in [9.17, 15) is 4.79 Å². The van der Waals surface area contributed by atoms with Crippen molar-refractivity contribution in [3.8, 4) is 5.75 Å². The molecule has 5 heteroatoms. The van der Waals surface area contributed by atoms with Crippen molar-refractivity contribution in [2.24, 2.45) is 0 Å². The molecular formula is C14H19ClN2O2. The van der Waals surface area contributed by atoms with E-state index in [2.05, 4.69) is 11.9 Å². The number of aryl methyl sites for hydroxylation is 1. The molecule has 104 valence electrons. The van der Waals surface area contributed by atoms with Crippen LogP contribution >= 0.6 is 11.6 Å². The molecule has 1 amide bonds. The second-order valence-corrected chi connectivity index (χ2v) is 5.34. The SMILES string of the molecule is COc1c(C)cc(Cl)cc1C(=O)N1CCN(C)CC1. The lowest BCUT2D eigenvalue weighted by atomic mass is 10.1. The molecule has 1 aliphatic heterocycles. The summed E-state index contributed by atoms with van der Waals surface area (Å²) in [4.78, 5) is 16.6. The Morgan fingerprint density at radius 2 is 1.89 bits per heavy atom. The van der Waals surface area contributed by atoms with Gasteiger partial charge in [0.25, 0.3) is 5.91 Å². The Bertz CT molecular complexity index is 483. The predicted molar refractivity (Wildman–Crippen MR) is 76.1 cm³/mol. The van der Waals surface area contributed by atoms with E-state index in [4.69, 9.17) is 16.3 Å². The summed E-state index contributed by atoms with van der Waals surface area (Å²) in [6.45, 7) is 5.17. The molecule has 1 aromatic rings. The summed E-state index contributed by atoms with van der Waals surface area (Å²) < 4.78 is 5.35. The summed E-state index contributed by atoms with van der Waals surface area (Å²) >= 11 is 6.05. The molecule has 0 spiro atoms. The molecule has 1 saturated heterocycles. The lowest BCUT2D eigenvalue weighted by Crippen LogP contribution is -2.47. The van der Waals surface area contributed by atoms with Gasteiger partial charge in [-0.1, -0.05) is 11.6 Å². The number of ether oxygens (including phenoxy) is 1. The number of carbonyl (C=O) groups is 1. The number of hydrogen-bond donors (Lipinski definition) is 0. The van der Waals surface area contributed by atoms with Crippen LogP contribution < -0.4 is 4.74 Å². The summed E-state index contributed by atoms with van der Waals surface area (Å²) in [5.74, 6) is 0.615. The number of benzene rings is 1. The van der Waals surface area contributed by atoms with Crippen molar-refractivity contribution in [2.75, 3.05) is 40.3 Å². The molecule has 0 N–H and O–H groups in total. The van der Waals surface area contributed by atoms with E-state index >= 15 is 0 Å². The van der Waals surface area contributed by atoms with Gasteiger partial charge in [0.15, 0.2) is 0 Å². The first-order chi connectivity index (χ1) is 9.02. The minimum atomic E-state index is -0.00412. The molecule has 19 heavy (non-hydrogen) atoms. The third-order valence-corrected chi connectivity index (χ3v) is 3.68. The fraction of sp³-hybridized carbons (Fsp3) is 0.500. The van der Waals surface area contributed by atoms with Crippen LogP contribution in [-0.2, 0) is 0 Å². The Hall–Kier alpha value is -1.26. The Labute approximate surface area is 118 Å². The smallest absolute Gasteiger partial charge is 0.257 e. The molecule has 1 fully saturated rings. The minimum absolute atomic E-state index is 0.00412. The van der Waals surface area contributed by atoms with E-state index < -0.39 is 0 Å². The van der Waals surface area contributed by atoms with Crippen molar-refractivity contribution in [3.63, 3.8) is 0 Å². The first kappa shape index (κ1) is 14.2. The normalized spacial score (nSPS) is 16.5. The summed E-state index contributed by atoms with van der Waals surface area (Å²) in [7, 11) is 3.64. The number of nitrogens with zero attached hydrogens (tertiary/aromatic N) is 2. The highest BCUT2D eigenvalue weighted by Gasteiger charge is 2.24. The maximum atomic E-state index is 12.6. The van der Waals surface area contributed by atoms with E-state index in [0.29, 0.717) is 16.3 Å². The van der Waals surface area contributed by atoms with Crippen molar-refractivity contribution in [1.82, 2.24) is 9.80 Å². The van der Waals surface area contributed by atoms with E-state index in [1.165, 1.54) is 0 Å². The third kappa shape index (κ3) is 3.01. The third-order valence-electron chi connectivity index (χ3n) is 3.46. The van der Waals surface area contributed by atoms with Crippen molar-refractivity contribution in [3.05, 3.63) is 28.3 Å². The van der Waals surface area contributed by atoms with Crippen LogP contribution in [0.3, 0.4) is 0 Å². The fourth-order valence-corrected chi connectivity index (χ4v) is 2.61. The number of carbonyl (C=O) groups excluding carboxylic acids is 1. The second kappa shape index (κ2) is 5.80. The van der Waals surface area contributed by atoms with Gasteiger partial charge in [-0.15, -0.1) is 0 Å². The lowest BCUT2D eigenvalue weighted by molar-refractivity contribution is 0.0660. The van der Waals surface area contributed by atoms with Crippen LogP contribution in [0.5, 0.6) is 5.75 Å². The monoisotopic (exact) mass is 282 g/mol. The highest BCUT2D eigenvalue weighted by molar-refractivity contribution is 6.31. The van der Waals surface area contributed by atoms with Crippen LogP contribution in [0.4, 0.5) is 0 Å². The summed E-state index contributed by atoms with van der Waals surface area (Å²) in [6, 6.07) is 3.50. The Morgan fingerprint density at radius 1 is 1.26 bits per heavy atom. The first-order valence-corrected chi connectivity index (χ1v) is 6.72. The van der Waals surface area contributed by atoms with Gasteiger partial charge in [-0.3, -0.25) is 4.79 Å². The summed E-state index contributed by atoms with van der Waals surface area (Å²) in [5, 5.41) is 0.566. The van der Waals surface area contributed by atoms with Crippen LogP contribution in [0.1, 0.15) is 15.9 Å². The maximum absolute atomic E-state index is 12.6. The van der Waals surface area contributed by atoms with Crippen molar-refractivity contribution in [1.29, 1.82) is 0 Å². The minimum Gasteiger partial charge on any atom is -0.496 e. The number of amides is 1. The highest BCUT2D eigenvalue weighted by Crippen LogP contribution is 2.28. The van der Waals surface area contributed by atoms with Crippen LogP contribution in [0.15, 0.2) is 12.1 Å². The zero-order valence-corrected chi connectivity index (χ0v) is 12.3. The molecule has 1 aliphatic rings. The van der Waals surface area contributed by atoms with Crippen molar-refractivity contribution < 1.29 is 9.53 Å². The molecule has 0 aliphatic carbocycles. The van der Waals surface area contributed by atoms with E-state index in [0.717, 1.165) is 31.7 Å². The number of rotatable bonds is 2. The molecule has 0 unspecified atom stereocenters. The average Bonchev–Trinajstić information content (AvgIpc) is 2.38. The number of methoxy groups -OCH3 is 1. The molecule has 4 nitrogen and oxygen atoms in total. The summed E-state index contributed by atoms with van der Waals surface area (Å²) in [6.07, 6.45) is 0. The van der Waals surface area contributed by atoms with Crippen LogP contribution in [0.25, 0.3) is 0 Å². The van der Waals surface area contributed by atoms with Gasteiger partial charge >= 0.3 is 0 Å². The topological polar surface area (TPSA) is 32.8 Å². The average molecular weight is 283 g/mol. The zero-order valence-electron chi connectivity index (χ0n) is 11.6. The maximum Gasteiger partial charge on any atom is 0.257 e. The van der Waals surface area contributed by atoms with Gasteiger partial charge in [0.2, 0.25) is 0 Å². The quantitative estimate of drug-likeness (QED) is 0.832. The van der Waals surface area contributed by atoms with Gasteiger partial charge in [-0.05, 0) is 31.7 Å². The van der Waals surface area contributed by atoms with Crippen molar-refractivity contribution in [2.45, 2.75) is 6.92 Å². The van der Waals surface area contributed by atoms with E-state index in [-0.39, 0.29) is 5.91 Å². The summed E-state index contributed by atoms with van der Waals surface area (Å²) in [5.41, 5.74) is 1.43. The number of piperazine rings is 1. The van der Waals surface area contributed by atoms with Crippen LogP contribution in [-0.4, -0.2) is 56.0 Å². The largest absolute Gasteiger partial charge is 0.496 e. The standard InChI is InChI=1S/C14H19ClN2O2/c1-10-8-11(15)9-12(13(10)19-3)14(18)17-6-4-16(2)5-7-17/h8-9H,4-7H2,1-3H3. The molecule has 1 aromatic carbocycles. The van der Waals surface area contributed by atoms with Gasteiger partial charge in [0.1, 0.15) is 5.75 Å². The van der Waals surface area contributed by atoms with Crippen LogP contribution in [0, 0.1) is 6.92 Å². The van der Waals surface area contributed by atoms with Gasteiger partial charge in [0, 0.05) is 31.2 Å². The Balaban J connectivity index is 2.28. The second-order valence-electron chi connectivity index (χ2n) is 4.90.